The first-order valence-corrected chi connectivity index (χ1v) is 12.0. The first-order chi connectivity index (χ1) is 17.8. The van der Waals surface area contributed by atoms with E-state index in [-0.39, 0.29) is 18.2 Å². The SMILES string of the molecule is CN(C)C(=O)c1ccc(Oc2ccc(Nc3ccc(CCC(=O)O)cn3)cc2CN2CCCC2=O)cn1. The van der Waals surface area contributed by atoms with Crippen molar-refractivity contribution in [2.24, 2.45) is 0 Å². The summed E-state index contributed by atoms with van der Waals surface area (Å²) in [7, 11) is 3.33. The second-order valence-electron chi connectivity index (χ2n) is 8.99. The summed E-state index contributed by atoms with van der Waals surface area (Å²) < 4.78 is 6.10. The molecular formula is C27H29N5O5. The number of aryl methyl sites for hydroxylation is 1. The molecule has 1 saturated heterocycles. The average molecular weight is 504 g/mol. The van der Waals surface area contributed by atoms with Gasteiger partial charge >= 0.3 is 5.97 Å². The lowest BCUT2D eigenvalue weighted by atomic mass is 10.1. The lowest BCUT2D eigenvalue weighted by molar-refractivity contribution is -0.137. The van der Waals surface area contributed by atoms with E-state index in [1.54, 1.807) is 43.4 Å². The van der Waals surface area contributed by atoms with Crippen molar-refractivity contribution in [1.82, 2.24) is 19.8 Å². The molecule has 1 aliphatic rings. The maximum absolute atomic E-state index is 12.3. The van der Waals surface area contributed by atoms with Crippen molar-refractivity contribution >= 4 is 29.3 Å². The number of nitrogens with one attached hydrogen (secondary N) is 1. The van der Waals surface area contributed by atoms with Gasteiger partial charge in [-0.3, -0.25) is 14.4 Å². The predicted octanol–water partition coefficient (Wildman–Crippen LogP) is 3.85. The van der Waals surface area contributed by atoms with Crippen LogP contribution in [-0.2, 0) is 22.6 Å². The molecule has 0 aliphatic carbocycles. The van der Waals surface area contributed by atoms with Gasteiger partial charge in [-0.2, -0.15) is 0 Å². The highest BCUT2D eigenvalue weighted by atomic mass is 16.5. The van der Waals surface area contributed by atoms with E-state index in [9.17, 15) is 14.4 Å². The van der Waals surface area contributed by atoms with Crippen LogP contribution < -0.4 is 10.1 Å². The molecule has 0 saturated carbocycles. The maximum atomic E-state index is 12.3. The van der Waals surface area contributed by atoms with Crippen LogP contribution in [0.1, 0.15) is 40.9 Å². The highest BCUT2D eigenvalue weighted by Gasteiger charge is 2.22. The van der Waals surface area contributed by atoms with E-state index >= 15 is 0 Å². The molecule has 1 fully saturated rings. The number of benzene rings is 1. The molecule has 10 nitrogen and oxygen atoms in total. The number of hydrogen-bond donors (Lipinski definition) is 2. The van der Waals surface area contributed by atoms with E-state index in [0.717, 1.165) is 23.2 Å². The summed E-state index contributed by atoms with van der Waals surface area (Å²) >= 11 is 0. The Labute approximate surface area is 214 Å². The fourth-order valence-corrected chi connectivity index (χ4v) is 3.93. The number of aromatic nitrogens is 2. The first kappa shape index (κ1) is 25.6. The molecule has 0 bridgehead atoms. The number of rotatable bonds is 10. The smallest absolute Gasteiger partial charge is 0.303 e. The van der Waals surface area contributed by atoms with Crippen LogP contribution in [0.4, 0.5) is 11.5 Å². The second-order valence-corrected chi connectivity index (χ2v) is 8.99. The van der Waals surface area contributed by atoms with Crippen LogP contribution in [0.25, 0.3) is 0 Å². The molecule has 0 radical (unpaired) electrons. The summed E-state index contributed by atoms with van der Waals surface area (Å²) in [5.74, 6) is 0.734. The first-order valence-electron chi connectivity index (χ1n) is 12.0. The molecule has 2 aromatic heterocycles. The van der Waals surface area contributed by atoms with Crippen molar-refractivity contribution in [2.75, 3.05) is 26.0 Å². The molecule has 3 aromatic rings. The standard InChI is InChI=1S/C27H29N5O5/c1-31(2)27(36)22-9-8-21(16-28-22)37-23-10-7-20(14-19(23)17-32-13-3-4-25(32)33)30-24-11-5-18(15-29-24)6-12-26(34)35/h5,7-11,14-16H,3-4,6,12-13,17H2,1-2H3,(H,29,30)(H,34,35). The number of hydrogen-bond acceptors (Lipinski definition) is 7. The van der Waals surface area contributed by atoms with Gasteiger partial charge in [-0.15, -0.1) is 0 Å². The van der Waals surface area contributed by atoms with Crippen molar-refractivity contribution in [3.63, 3.8) is 0 Å². The topological polar surface area (TPSA) is 125 Å². The van der Waals surface area contributed by atoms with Crippen molar-refractivity contribution in [3.8, 4) is 11.5 Å². The third kappa shape index (κ3) is 6.81. The lowest BCUT2D eigenvalue weighted by Crippen LogP contribution is -2.24. The molecule has 0 atom stereocenters. The minimum atomic E-state index is -0.845. The normalized spacial score (nSPS) is 12.9. The summed E-state index contributed by atoms with van der Waals surface area (Å²) in [6.07, 6.45) is 5.00. The number of pyridine rings is 2. The van der Waals surface area contributed by atoms with Gasteiger partial charge < -0.3 is 25.0 Å². The van der Waals surface area contributed by atoms with Crippen LogP contribution in [0.15, 0.2) is 54.9 Å². The molecule has 3 heterocycles. The zero-order valence-electron chi connectivity index (χ0n) is 20.8. The number of carbonyl (C=O) groups excluding carboxylic acids is 2. The zero-order valence-corrected chi connectivity index (χ0v) is 20.8. The summed E-state index contributed by atoms with van der Waals surface area (Å²) in [6, 6.07) is 12.5. The van der Waals surface area contributed by atoms with Gasteiger partial charge in [0, 0.05) is 57.5 Å². The Morgan fingerprint density at radius 3 is 2.57 bits per heavy atom. The van der Waals surface area contributed by atoms with E-state index in [2.05, 4.69) is 15.3 Å². The monoisotopic (exact) mass is 503 g/mol. The Kier molecular flexibility index (Phi) is 7.97. The number of carboxylic acids is 1. The minimum Gasteiger partial charge on any atom is -0.481 e. The van der Waals surface area contributed by atoms with E-state index in [4.69, 9.17) is 9.84 Å². The van der Waals surface area contributed by atoms with Crippen molar-refractivity contribution in [3.05, 3.63) is 71.7 Å². The summed E-state index contributed by atoms with van der Waals surface area (Å²) in [5.41, 5.74) is 2.75. The highest BCUT2D eigenvalue weighted by Crippen LogP contribution is 2.31. The van der Waals surface area contributed by atoms with Crippen molar-refractivity contribution < 1.29 is 24.2 Å². The fourth-order valence-electron chi connectivity index (χ4n) is 3.93. The Morgan fingerprint density at radius 1 is 1.11 bits per heavy atom. The van der Waals surface area contributed by atoms with Gasteiger partial charge in [0.2, 0.25) is 5.91 Å². The third-order valence-corrected chi connectivity index (χ3v) is 5.91. The number of likely N-dealkylation sites (tertiary alicyclic amines) is 1. The number of ether oxygens (including phenoxy) is 1. The van der Waals surface area contributed by atoms with Crippen LogP contribution in [0.5, 0.6) is 11.5 Å². The van der Waals surface area contributed by atoms with Gasteiger partial charge in [0.05, 0.1) is 6.20 Å². The number of anilines is 2. The van der Waals surface area contributed by atoms with Gasteiger partial charge in [-0.05, 0) is 54.8 Å². The largest absolute Gasteiger partial charge is 0.481 e. The van der Waals surface area contributed by atoms with Crippen LogP contribution in [-0.4, -0.2) is 63.3 Å². The van der Waals surface area contributed by atoms with Crippen LogP contribution >= 0.6 is 0 Å². The molecule has 1 aliphatic heterocycles. The van der Waals surface area contributed by atoms with E-state index in [1.165, 1.54) is 11.1 Å². The quantitative estimate of drug-likeness (QED) is 0.427. The number of nitrogens with zero attached hydrogens (tertiary/aromatic N) is 4. The second kappa shape index (κ2) is 11.5. The van der Waals surface area contributed by atoms with Gasteiger partial charge in [-0.25, -0.2) is 9.97 Å². The fraction of sp³-hybridized carbons (Fsp3) is 0.296. The van der Waals surface area contributed by atoms with Crippen LogP contribution in [0, 0.1) is 0 Å². The Balaban J connectivity index is 1.53. The molecule has 4 rings (SSSR count). The van der Waals surface area contributed by atoms with Crippen LogP contribution in [0.2, 0.25) is 0 Å². The molecule has 10 heteroatoms. The molecule has 37 heavy (non-hydrogen) atoms. The molecule has 0 unspecified atom stereocenters. The van der Waals surface area contributed by atoms with Gasteiger partial charge in [0.15, 0.2) is 0 Å². The zero-order chi connectivity index (χ0) is 26.4. The molecular weight excluding hydrogens is 474 g/mol. The van der Waals surface area contributed by atoms with Gasteiger partial charge in [0.25, 0.3) is 5.91 Å². The molecule has 192 valence electrons. The summed E-state index contributed by atoms with van der Waals surface area (Å²) in [6.45, 7) is 1.09. The number of carboxylic acid groups (broad SMARTS) is 1. The summed E-state index contributed by atoms with van der Waals surface area (Å²) in [4.78, 5) is 47.0. The average Bonchev–Trinajstić information content (AvgIpc) is 3.29. The molecule has 1 aromatic carbocycles. The summed E-state index contributed by atoms with van der Waals surface area (Å²) in [5, 5.41) is 12.1. The van der Waals surface area contributed by atoms with E-state index in [0.29, 0.717) is 48.9 Å². The minimum absolute atomic E-state index is 0.0543. The van der Waals surface area contributed by atoms with Crippen molar-refractivity contribution in [1.29, 1.82) is 0 Å². The number of carbonyl (C=O) groups is 3. The maximum Gasteiger partial charge on any atom is 0.303 e. The van der Waals surface area contributed by atoms with Crippen molar-refractivity contribution in [2.45, 2.75) is 32.2 Å². The molecule has 2 amide bonds. The Morgan fingerprint density at radius 2 is 1.95 bits per heavy atom. The molecule has 0 spiro atoms. The predicted molar refractivity (Wildman–Crippen MR) is 137 cm³/mol. The number of aliphatic carboxylic acids is 1. The number of amides is 2. The van der Waals surface area contributed by atoms with Gasteiger partial charge in [-0.1, -0.05) is 6.07 Å². The van der Waals surface area contributed by atoms with E-state index < -0.39 is 5.97 Å². The van der Waals surface area contributed by atoms with E-state index in [1.807, 2.05) is 24.3 Å². The lowest BCUT2D eigenvalue weighted by Gasteiger charge is -2.19. The Bertz CT molecular complexity index is 1280. The third-order valence-electron chi connectivity index (χ3n) is 5.91. The Hall–Kier alpha value is -4.47. The van der Waals surface area contributed by atoms with Crippen LogP contribution in [0.3, 0.4) is 0 Å². The highest BCUT2D eigenvalue weighted by molar-refractivity contribution is 5.91. The molecule has 2 N–H and O–H groups in total. The van der Waals surface area contributed by atoms with Gasteiger partial charge in [0.1, 0.15) is 23.0 Å².